The second-order valence-electron chi connectivity index (χ2n) is 6.64. The first-order valence-corrected chi connectivity index (χ1v) is 9.23. The molecule has 1 aromatic heterocycles. The normalized spacial score (nSPS) is 16.9. The molecule has 1 atom stereocenters. The third kappa shape index (κ3) is 4.77. The number of aromatic nitrogens is 3. The molecule has 0 aliphatic carbocycles. The van der Waals surface area contributed by atoms with E-state index < -0.39 is 6.04 Å². The van der Waals surface area contributed by atoms with Crippen molar-refractivity contribution in [3.8, 4) is 5.75 Å². The zero-order valence-electron chi connectivity index (χ0n) is 15.3. The number of carbonyl (C=O) groups excluding carboxylic acids is 2. The standard InChI is InChI=1S/C18H22ClN5O3/c1-12(2)24-11-14(21-22-24)10-16-17(25)23(18(26)20-16)7-4-8-27-15-6-3-5-13(19)9-15/h3,5-6,9,11-12,16H,4,7-8,10H2,1-2H3,(H,20,26)/t16-/m0/s1. The van der Waals surface area contributed by atoms with Gasteiger partial charge in [0, 0.05) is 30.2 Å². The minimum atomic E-state index is -0.608. The van der Waals surface area contributed by atoms with Crippen LogP contribution in [0.25, 0.3) is 0 Å². The van der Waals surface area contributed by atoms with Crippen LogP contribution in [0.5, 0.6) is 5.75 Å². The molecule has 0 radical (unpaired) electrons. The third-order valence-corrected chi connectivity index (χ3v) is 4.43. The van der Waals surface area contributed by atoms with Crippen molar-refractivity contribution in [1.29, 1.82) is 0 Å². The number of nitrogens with zero attached hydrogens (tertiary/aromatic N) is 4. The molecule has 27 heavy (non-hydrogen) atoms. The second-order valence-corrected chi connectivity index (χ2v) is 7.08. The van der Waals surface area contributed by atoms with Crippen molar-refractivity contribution in [3.63, 3.8) is 0 Å². The van der Waals surface area contributed by atoms with E-state index in [1.165, 1.54) is 4.90 Å². The molecule has 0 saturated carbocycles. The van der Waals surface area contributed by atoms with Crippen LogP contribution in [0.3, 0.4) is 0 Å². The Kier molecular flexibility index (Phi) is 5.95. The molecule has 1 fully saturated rings. The topological polar surface area (TPSA) is 89.4 Å². The summed E-state index contributed by atoms with van der Waals surface area (Å²) in [5.41, 5.74) is 0.675. The number of halogens is 1. The molecule has 3 amide bonds. The Morgan fingerprint density at radius 2 is 2.15 bits per heavy atom. The number of hydrogen-bond acceptors (Lipinski definition) is 5. The predicted octanol–water partition coefficient (Wildman–Crippen LogP) is 2.44. The van der Waals surface area contributed by atoms with E-state index in [-0.39, 0.29) is 18.0 Å². The lowest BCUT2D eigenvalue weighted by Crippen LogP contribution is -2.33. The smallest absolute Gasteiger partial charge is 0.324 e. The fourth-order valence-corrected chi connectivity index (χ4v) is 2.95. The highest BCUT2D eigenvalue weighted by Crippen LogP contribution is 2.17. The van der Waals surface area contributed by atoms with Crippen molar-refractivity contribution in [1.82, 2.24) is 25.2 Å². The molecule has 8 nitrogen and oxygen atoms in total. The van der Waals surface area contributed by atoms with E-state index in [0.29, 0.717) is 42.5 Å². The van der Waals surface area contributed by atoms with E-state index in [0.717, 1.165) is 0 Å². The summed E-state index contributed by atoms with van der Waals surface area (Å²) in [5, 5.41) is 11.4. The summed E-state index contributed by atoms with van der Waals surface area (Å²) >= 11 is 5.90. The summed E-state index contributed by atoms with van der Waals surface area (Å²) in [6.45, 7) is 4.66. The van der Waals surface area contributed by atoms with Gasteiger partial charge in [0.1, 0.15) is 11.8 Å². The SMILES string of the molecule is CC(C)n1cc(C[C@@H]2NC(=O)N(CCCOc3cccc(Cl)c3)C2=O)nn1. The van der Waals surface area contributed by atoms with Crippen molar-refractivity contribution < 1.29 is 14.3 Å². The van der Waals surface area contributed by atoms with E-state index in [9.17, 15) is 9.59 Å². The van der Waals surface area contributed by atoms with Gasteiger partial charge in [-0.05, 0) is 38.5 Å². The van der Waals surface area contributed by atoms with Crippen LogP contribution < -0.4 is 10.1 Å². The molecule has 0 spiro atoms. The van der Waals surface area contributed by atoms with Gasteiger partial charge in [-0.15, -0.1) is 5.10 Å². The number of imide groups is 1. The summed E-state index contributed by atoms with van der Waals surface area (Å²) in [6.07, 6.45) is 2.65. The first-order chi connectivity index (χ1) is 12.9. The van der Waals surface area contributed by atoms with Gasteiger partial charge in [-0.1, -0.05) is 22.9 Å². The zero-order valence-corrected chi connectivity index (χ0v) is 16.0. The summed E-state index contributed by atoms with van der Waals surface area (Å²) in [7, 11) is 0. The molecule has 1 aromatic carbocycles. The Bertz CT molecular complexity index is 823. The van der Waals surface area contributed by atoms with E-state index in [2.05, 4.69) is 15.6 Å². The third-order valence-electron chi connectivity index (χ3n) is 4.20. The monoisotopic (exact) mass is 391 g/mol. The van der Waals surface area contributed by atoms with Crippen LogP contribution in [-0.4, -0.2) is 51.0 Å². The lowest BCUT2D eigenvalue weighted by molar-refractivity contribution is -0.127. The van der Waals surface area contributed by atoms with Crippen LogP contribution in [-0.2, 0) is 11.2 Å². The number of carbonyl (C=O) groups is 2. The average molecular weight is 392 g/mol. The summed E-state index contributed by atoms with van der Waals surface area (Å²) < 4.78 is 7.31. The van der Waals surface area contributed by atoms with Crippen LogP contribution in [0.2, 0.25) is 5.02 Å². The molecule has 0 unspecified atom stereocenters. The Labute approximate surface area is 162 Å². The summed E-state index contributed by atoms with van der Waals surface area (Å²) in [4.78, 5) is 25.8. The highest BCUT2D eigenvalue weighted by molar-refractivity contribution is 6.30. The summed E-state index contributed by atoms with van der Waals surface area (Å²) in [6, 6.07) is 6.29. The first kappa shape index (κ1) is 19.2. The molecule has 1 aliphatic heterocycles. The van der Waals surface area contributed by atoms with Gasteiger partial charge < -0.3 is 10.1 Å². The lowest BCUT2D eigenvalue weighted by Gasteiger charge is -2.13. The van der Waals surface area contributed by atoms with Crippen LogP contribution in [0.4, 0.5) is 4.79 Å². The van der Waals surface area contributed by atoms with Gasteiger partial charge in [-0.3, -0.25) is 9.69 Å². The van der Waals surface area contributed by atoms with Crippen molar-refractivity contribution in [2.75, 3.05) is 13.2 Å². The average Bonchev–Trinajstić information content (AvgIpc) is 3.19. The zero-order chi connectivity index (χ0) is 19.4. The molecule has 2 aromatic rings. The molecular weight excluding hydrogens is 370 g/mol. The van der Waals surface area contributed by atoms with Crippen molar-refractivity contribution >= 4 is 23.5 Å². The van der Waals surface area contributed by atoms with Crippen LogP contribution >= 0.6 is 11.6 Å². The fourth-order valence-electron chi connectivity index (χ4n) is 2.76. The molecule has 144 valence electrons. The maximum Gasteiger partial charge on any atom is 0.324 e. The number of rotatable bonds is 8. The van der Waals surface area contributed by atoms with Gasteiger partial charge in [-0.2, -0.15) is 0 Å². The van der Waals surface area contributed by atoms with E-state index in [1.807, 2.05) is 13.8 Å². The predicted molar refractivity (Wildman–Crippen MR) is 99.7 cm³/mol. The minimum Gasteiger partial charge on any atom is -0.493 e. The molecule has 3 rings (SSSR count). The van der Waals surface area contributed by atoms with Gasteiger partial charge in [0.25, 0.3) is 5.91 Å². The number of nitrogens with one attached hydrogen (secondary N) is 1. The van der Waals surface area contributed by atoms with E-state index in [4.69, 9.17) is 16.3 Å². The van der Waals surface area contributed by atoms with Crippen LogP contribution in [0.1, 0.15) is 32.0 Å². The second kappa shape index (κ2) is 8.39. The van der Waals surface area contributed by atoms with Gasteiger partial charge in [0.05, 0.1) is 12.3 Å². The number of benzene rings is 1. The van der Waals surface area contributed by atoms with Crippen molar-refractivity contribution in [2.24, 2.45) is 0 Å². The molecular formula is C18H22ClN5O3. The number of hydrogen-bond donors (Lipinski definition) is 1. The quantitative estimate of drug-likeness (QED) is 0.551. The number of amides is 3. The Morgan fingerprint density at radius 3 is 2.85 bits per heavy atom. The molecule has 0 bridgehead atoms. The van der Waals surface area contributed by atoms with Crippen LogP contribution in [0.15, 0.2) is 30.5 Å². The maximum atomic E-state index is 12.5. The van der Waals surface area contributed by atoms with Crippen molar-refractivity contribution in [3.05, 3.63) is 41.2 Å². The lowest BCUT2D eigenvalue weighted by atomic mass is 10.1. The van der Waals surface area contributed by atoms with E-state index in [1.54, 1.807) is 35.1 Å². The Morgan fingerprint density at radius 1 is 1.33 bits per heavy atom. The Hall–Kier alpha value is -2.61. The molecule has 9 heteroatoms. The van der Waals surface area contributed by atoms with Crippen molar-refractivity contribution in [2.45, 2.75) is 38.8 Å². The molecule has 1 saturated heterocycles. The van der Waals surface area contributed by atoms with Crippen LogP contribution in [0, 0.1) is 0 Å². The molecule has 1 aliphatic rings. The highest BCUT2D eigenvalue weighted by Gasteiger charge is 2.37. The maximum absolute atomic E-state index is 12.5. The van der Waals surface area contributed by atoms with Gasteiger partial charge >= 0.3 is 6.03 Å². The first-order valence-electron chi connectivity index (χ1n) is 8.85. The highest BCUT2D eigenvalue weighted by atomic mass is 35.5. The Balaban J connectivity index is 1.48. The minimum absolute atomic E-state index is 0.191. The number of ether oxygens (including phenoxy) is 1. The number of urea groups is 1. The van der Waals surface area contributed by atoms with Gasteiger partial charge in [0.2, 0.25) is 0 Å². The van der Waals surface area contributed by atoms with E-state index >= 15 is 0 Å². The van der Waals surface area contributed by atoms with Gasteiger partial charge in [0.15, 0.2) is 0 Å². The molecule has 1 N–H and O–H groups in total. The fraction of sp³-hybridized carbons (Fsp3) is 0.444. The molecule has 2 heterocycles. The summed E-state index contributed by atoms with van der Waals surface area (Å²) in [5.74, 6) is 0.410. The largest absolute Gasteiger partial charge is 0.493 e. The van der Waals surface area contributed by atoms with Gasteiger partial charge in [-0.25, -0.2) is 9.48 Å².